The van der Waals surface area contributed by atoms with Crippen molar-refractivity contribution in [2.24, 2.45) is 5.92 Å². The molecular formula is C14H26N4. The summed E-state index contributed by atoms with van der Waals surface area (Å²) in [5.74, 6) is 1.89. The van der Waals surface area contributed by atoms with E-state index in [0.29, 0.717) is 6.04 Å². The number of aromatic nitrogens is 2. The van der Waals surface area contributed by atoms with Crippen LogP contribution in [-0.2, 0) is 6.54 Å². The number of piperazine rings is 1. The molecule has 1 saturated heterocycles. The summed E-state index contributed by atoms with van der Waals surface area (Å²) in [6, 6.07) is 0.669. The molecule has 1 N–H and O–H groups in total. The summed E-state index contributed by atoms with van der Waals surface area (Å²) in [6.07, 6.45) is 5.23. The smallest absolute Gasteiger partial charge is 0.105 e. The maximum Gasteiger partial charge on any atom is 0.105 e. The van der Waals surface area contributed by atoms with Crippen molar-refractivity contribution in [3.05, 3.63) is 18.2 Å². The lowest BCUT2D eigenvalue weighted by Crippen LogP contribution is -2.51. The molecule has 0 spiro atoms. The van der Waals surface area contributed by atoms with Crippen molar-refractivity contribution in [3.63, 3.8) is 0 Å². The van der Waals surface area contributed by atoms with Crippen LogP contribution in [0, 0.1) is 12.8 Å². The number of hydrogen-bond acceptors (Lipinski definition) is 3. The largest absolute Gasteiger partial charge is 0.334 e. The van der Waals surface area contributed by atoms with Crippen LogP contribution in [0.3, 0.4) is 0 Å². The molecule has 0 aliphatic carbocycles. The van der Waals surface area contributed by atoms with Gasteiger partial charge in [0.1, 0.15) is 5.82 Å². The maximum absolute atomic E-state index is 4.27. The Morgan fingerprint density at radius 3 is 2.94 bits per heavy atom. The SMILES string of the molecule is Cc1nccn1CCN1CCNC(CC(C)C)C1. The van der Waals surface area contributed by atoms with Crippen LogP contribution in [0.1, 0.15) is 26.1 Å². The second-order valence-corrected chi connectivity index (χ2v) is 5.75. The molecule has 4 nitrogen and oxygen atoms in total. The molecule has 0 aromatic carbocycles. The highest BCUT2D eigenvalue weighted by Gasteiger charge is 2.19. The first-order valence-corrected chi connectivity index (χ1v) is 7.08. The molecule has 1 aliphatic rings. The van der Waals surface area contributed by atoms with Crippen molar-refractivity contribution in [1.29, 1.82) is 0 Å². The van der Waals surface area contributed by atoms with E-state index in [0.717, 1.165) is 31.4 Å². The van der Waals surface area contributed by atoms with Crippen molar-refractivity contribution in [2.75, 3.05) is 26.2 Å². The first-order valence-electron chi connectivity index (χ1n) is 7.08. The molecule has 1 fully saturated rings. The Kier molecular flexibility index (Phi) is 4.78. The molecule has 1 unspecified atom stereocenters. The summed E-state index contributed by atoms with van der Waals surface area (Å²) < 4.78 is 2.24. The maximum atomic E-state index is 4.27. The van der Waals surface area contributed by atoms with E-state index in [1.165, 1.54) is 19.5 Å². The highest BCUT2D eigenvalue weighted by molar-refractivity contribution is 4.89. The molecule has 1 atom stereocenters. The van der Waals surface area contributed by atoms with Crippen molar-refractivity contribution in [2.45, 2.75) is 39.8 Å². The van der Waals surface area contributed by atoms with E-state index in [-0.39, 0.29) is 0 Å². The normalized spacial score (nSPS) is 21.7. The van der Waals surface area contributed by atoms with Crippen LogP contribution in [0.5, 0.6) is 0 Å². The highest BCUT2D eigenvalue weighted by Crippen LogP contribution is 2.09. The van der Waals surface area contributed by atoms with Crippen molar-refractivity contribution in [3.8, 4) is 0 Å². The second-order valence-electron chi connectivity index (χ2n) is 5.75. The molecule has 102 valence electrons. The summed E-state index contributed by atoms with van der Waals surface area (Å²) in [5.41, 5.74) is 0. The molecule has 4 heteroatoms. The molecule has 2 rings (SSSR count). The van der Waals surface area contributed by atoms with Gasteiger partial charge in [-0.3, -0.25) is 4.90 Å². The first-order chi connectivity index (χ1) is 8.65. The minimum absolute atomic E-state index is 0.669. The van der Waals surface area contributed by atoms with Crippen LogP contribution in [0.2, 0.25) is 0 Å². The van der Waals surface area contributed by atoms with Gasteiger partial charge in [0.15, 0.2) is 0 Å². The Morgan fingerprint density at radius 1 is 1.44 bits per heavy atom. The molecule has 0 radical (unpaired) electrons. The predicted octanol–water partition coefficient (Wildman–Crippen LogP) is 1.51. The van der Waals surface area contributed by atoms with E-state index in [2.05, 4.69) is 46.7 Å². The molecule has 1 aromatic rings. The van der Waals surface area contributed by atoms with Crippen LogP contribution >= 0.6 is 0 Å². The Bertz CT molecular complexity index is 358. The van der Waals surface area contributed by atoms with E-state index in [4.69, 9.17) is 0 Å². The lowest BCUT2D eigenvalue weighted by Gasteiger charge is -2.34. The van der Waals surface area contributed by atoms with Crippen molar-refractivity contribution in [1.82, 2.24) is 19.8 Å². The van der Waals surface area contributed by atoms with Crippen molar-refractivity contribution >= 4 is 0 Å². The molecule has 1 aliphatic heterocycles. The van der Waals surface area contributed by atoms with Crippen LogP contribution in [0.15, 0.2) is 12.4 Å². The van der Waals surface area contributed by atoms with Crippen molar-refractivity contribution < 1.29 is 0 Å². The Labute approximate surface area is 110 Å². The zero-order chi connectivity index (χ0) is 13.0. The van der Waals surface area contributed by atoms with E-state index in [9.17, 15) is 0 Å². The van der Waals surface area contributed by atoms with E-state index in [1.54, 1.807) is 0 Å². The standard InChI is InChI=1S/C14H26N4/c1-12(2)10-14-11-17(6-4-16-14)8-9-18-7-5-15-13(18)3/h5,7,12,14,16H,4,6,8-11H2,1-3H3. The lowest BCUT2D eigenvalue weighted by molar-refractivity contribution is 0.181. The molecule has 1 aromatic heterocycles. The molecular weight excluding hydrogens is 224 g/mol. The van der Waals surface area contributed by atoms with Gasteiger partial charge in [0, 0.05) is 51.2 Å². The lowest BCUT2D eigenvalue weighted by atomic mass is 10.0. The fourth-order valence-corrected chi connectivity index (χ4v) is 2.71. The third-order valence-corrected chi connectivity index (χ3v) is 3.68. The number of imidazole rings is 1. The van der Waals surface area contributed by atoms with Crippen LogP contribution in [0.4, 0.5) is 0 Å². The Hall–Kier alpha value is -0.870. The third kappa shape index (κ3) is 3.82. The van der Waals surface area contributed by atoms with Crippen LogP contribution < -0.4 is 5.32 Å². The fourth-order valence-electron chi connectivity index (χ4n) is 2.71. The quantitative estimate of drug-likeness (QED) is 0.860. The molecule has 0 amide bonds. The number of nitrogens with one attached hydrogen (secondary N) is 1. The van der Waals surface area contributed by atoms with E-state index in [1.807, 2.05) is 6.20 Å². The highest BCUT2D eigenvalue weighted by atomic mass is 15.2. The van der Waals surface area contributed by atoms with Gasteiger partial charge in [0.2, 0.25) is 0 Å². The number of nitrogens with zero attached hydrogens (tertiary/aromatic N) is 3. The monoisotopic (exact) mass is 250 g/mol. The topological polar surface area (TPSA) is 33.1 Å². The average Bonchev–Trinajstić information content (AvgIpc) is 2.72. The molecule has 0 saturated carbocycles. The van der Waals surface area contributed by atoms with Crippen LogP contribution in [-0.4, -0.2) is 46.7 Å². The summed E-state index contributed by atoms with van der Waals surface area (Å²) in [7, 11) is 0. The molecule has 18 heavy (non-hydrogen) atoms. The van der Waals surface area contributed by atoms with E-state index < -0.39 is 0 Å². The number of hydrogen-bond donors (Lipinski definition) is 1. The van der Waals surface area contributed by atoms with Gasteiger partial charge in [-0.15, -0.1) is 0 Å². The van der Waals surface area contributed by atoms with E-state index >= 15 is 0 Å². The minimum atomic E-state index is 0.669. The fraction of sp³-hybridized carbons (Fsp3) is 0.786. The average molecular weight is 250 g/mol. The van der Waals surface area contributed by atoms with Gasteiger partial charge in [-0.1, -0.05) is 13.8 Å². The predicted molar refractivity (Wildman–Crippen MR) is 74.6 cm³/mol. The zero-order valence-corrected chi connectivity index (χ0v) is 11.9. The van der Waals surface area contributed by atoms with Gasteiger partial charge in [-0.2, -0.15) is 0 Å². The summed E-state index contributed by atoms with van der Waals surface area (Å²) in [5, 5.41) is 3.62. The minimum Gasteiger partial charge on any atom is -0.334 e. The number of rotatable bonds is 5. The first kappa shape index (κ1) is 13.6. The third-order valence-electron chi connectivity index (χ3n) is 3.68. The molecule has 0 bridgehead atoms. The summed E-state index contributed by atoms with van der Waals surface area (Å²) >= 11 is 0. The molecule has 2 heterocycles. The number of aryl methyl sites for hydroxylation is 1. The van der Waals surface area contributed by atoms with Crippen LogP contribution in [0.25, 0.3) is 0 Å². The Balaban J connectivity index is 1.77. The van der Waals surface area contributed by atoms with Gasteiger partial charge in [-0.25, -0.2) is 4.98 Å². The van der Waals surface area contributed by atoms with Gasteiger partial charge < -0.3 is 9.88 Å². The van der Waals surface area contributed by atoms with Gasteiger partial charge in [-0.05, 0) is 19.3 Å². The zero-order valence-electron chi connectivity index (χ0n) is 11.9. The second kappa shape index (κ2) is 6.34. The Morgan fingerprint density at radius 2 is 2.28 bits per heavy atom. The van der Waals surface area contributed by atoms with Gasteiger partial charge in [0.05, 0.1) is 0 Å². The van der Waals surface area contributed by atoms with Gasteiger partial charge >= 0.3 is 0 Å². The summed E-state index contributed by atoms with van der Waals surface area (Å²) in [4.78, 5) is 6.84. The summed E-state index contributed by atoms with van der Waals surface area (Å²) in [6.45, 7) is 12.3. The van der Waals surface area contributed by atoms with Gasteiger partial charge in [0.25, 0.3) is 0 Å².